The van der Waals surface area contributed by atoms with Gasteiger partial charge in [0.05, 0.1) is 13.2 Å². The van der Waals surface area contributed by atoms with Gasteiger partial charge in [-0.2, -0.15) is 0 Å². The van der Waals surface area contributed by atoms with Crippen LogP contribution < -0.4 is 10.6 Å². The number of anilines is 2. The van der Waals surface area contributed by atoms with Crippen molar-refractivity contribution >= 4 is 36.0 Å². The quantitative estimate of drug-likeness (QED) is 0.340. The van der Waals surface area contributed by atoms with Gasteiger partial charge in [0.1, 0.15) is 0 Å². The zero-order chi connectivity index (χ0) is 25.9. The molecule has 0 fully saturated rings. The molecule has 0 aliphatic carbocycles. The number of nitrogens with one attached hydrogen (secondary N) is 2. The summed E-state index contributed by atoms with van der Waals surface area (Å²) in [6.45, 7) is 9.73. The topological polar surface area (TPSA) is 86.3 Å². The van der Waals surface area contributed by atoms with Crippen LogP contribution in [0.15, 0.2) is 77.8 Å². The maximum atomic E-state index is 12.8. The Morgan fingerprint density at radius 2 is 2.03 bits per heavy atom. The fraction of sp³-hybridized carbons (Fsp3) is 0.250. The molecule has 188 valence electrons. The summed E-state index contributed by atoms with van der Waals surface area (Å²) >= 11 is 0. The van der Waals surface area contributed by atoms with Gasteiger partial charge in [0.25, 0.3) is 5.91 Å². The third-order valence-corrected chi connectivity index (χ3v) is 5.88. The van der Waals surface area contributed by atoms with Crippen molar-refractivity contribution in [3.63, 3.8) is 0 Å². The van der Waals surface area contributed by atoms with E-state index in [0.717, 1.165) is 33.8 Å². The van der Waals surface area contributed by atoms with Crippen LogP contribution in [0.1, 0.15) is 28.4 Å². The summed E-state index contributed by atoms with van der Waals surface area (Å²) in [4.78, 5) is 31.4. The molecular weight excluding hydrogens is 454 g/mol. The number of rotatable bonds is 12. The van der Waals surface area contributed by atoms with Gasteiger partial charge < -0.3 is 25.2 Å². The maximum Gasteiger partial charge on any atom is 0.253 e. The number of ether oxygens (including phenoxy) is 1. The van der Waals surface area contributed by atoms with Gasteiger partial charge in [-0.05, 0) is 68.1 Å². The van der Waals surface area contributed by atoms with Gasteiger partial charge in [-0.3, -0.25) is 14.6 Å². The largest absolute Gasteiger partial charge is 0.383 e. The minimum absolute atomic E-state index is 0.0178. The third-order valence-electron chi connectivity index (χ3n) is 5.88. The second-order valence-corrected chi connectivity index (χ2v) is 8.23. The Morgan fingerprint density at radius 1 is 1.25 bits per heavy atom. The third kappa shape index (κ3) is 6.70. The molecule has 36 heavy (non-hydrogen) atoms. The lowest BCUT2D eigenvalue weighted by molar-refractivity contribution is -0.105. The highest BCUT2D eigenvalue weighted by molar-refractivity contribution is 5.94. The van der Waals surface area contributed by atoms with E-state index in [-0.39, 0.29) is 5.91 Å². The van der Waals surface area contributed by atoms with E-state index in [9.17, 15) is 9.59 Å². The lowest BCUT2D eigenvalue weighted by atomic mass is 9.97. The molecule has 2 aromatic rings. The molecule has 2 N–H and O–H groups in total. The number of nitrogens with zero attached hydrogens (tertiary/aromatic N) is 3. The number of amides is 2. The number of aliphatic imine (C=N–C) groups is 1. The number of carbonyl (C=O) groups is 2. The molecule has 2 amide bonds. The summed E-state index contributed by atoms with van der Waals surface area (Å²) in [7, 11) is 1.63. The summed E-state index contributed by atoms with van der Waals surface area (Å²) < 4.78 is 5.11. The first kappa shape index (κ1) is 26.4. The predicted octanol–water partition coefficient (Wildman–Crippen LogP) is 4.50. The zero-order valence-corrected chi connectivity index (χ0v) is 21.0. The van der Waals surface area contributed by atoms with E-state index in [0.29, 0.717) is 38.2 Å². The lowest BCUT2D eigenvalue weighted by Crippen LogP contribution is -2.33. The molecule has 1 aliphatic rings. The van der Waals surface area contributed by atoms with Gasteiger partial charge in [-0.25, -0.2) is 0 Å². The first-order valence-electron chi connectivity index (χ1n) is 11.8. The van der Waals surface area contributed by atoms with Crippen LogP contribution in [0.2, 0.25) is 0 Å². The van der Waals surface area contributed by atoms with Crippen molar-refractivity contribution in [3.8, 4) is 0 Å². The summed E-state index contributed by atoms with van der Waals surface area (Å²) in [5.74, 6) is -0.0178. The van der Waals surface area contributed by atoms with E-state index in [1.165, 1.54) is 0 Å². The van der Waals surface area contributed by atoms with Crippen molar-refractivity contribution in [3.05, 3.63) is 89.5 Å². The van der Waals surface area contributed by atoms with Crippen molar-refractivity contribution in [2.75, 3.05) is 44.0 Å². The van der Waals surface area contributed by atoms with E-state index in [2.05, 4.69) is 28.4 Å². The van der Waals surface area contributed by atoms with Crippen LogP contribution in [0.3, 0.4) is 0 Å². The Kier molecular flexibility index (Phi) is 9.59. The van der Waals surface area contributed by atoms with Crippen LogP contribution in [0, 0.1) is 6.92 Å². The van der Waals surface area contributed by atoms with Gasteiger partial charge in [-0.15, -0.1) is 0 Å². The molecule has 0 aromatic heterocycles. The fourth-order valence-electron chi connectivity index (χ4n) is 3.98. The second kappa shape index (κ2) is 13.1. The highest BCUT2D eigenvalue weighted by Crippen LogP contribution is 2.30. The number of allylic oxidation sites excluding steroid dienone is 2. The van der Waals surface area contributed by atoms with Crippen molar-refractivity contribution in [2.45, 2.75) is 13.8 Å². The standard InChI is InChI=1S/C28H33N5O3/c1-5-33(15-16-36-4)28(35)22-9-11-24(12-10-22)31-25-17-23(18-32(19-25)14-13-29-3)26-7-6-8-27(21(26)2)30-20-34/h6-14,17-18,20,31H,3,5,15-16,19H2,1-2,4H3,(H,30,34)/b14-13-. The molecule has 0 atom stereocenters. The van der Waals surface area contributed by atoms with E-state index < -0.39 is 0 Å². The monoisotopic (exact) mass is 487 g/mol. The van der Waals surface area contributed by atoms with Gasteiger partial charge in [0.2, 0.25) is 6.41 Å². The van der Waals surface area contributed by atoms with Gasteiger partial charge in [0, 0.05) is 67.0 Å². The second-order valence-electron chi connectivity index (χ2n) is 8.23. The number of hydrogen-bond acceptors (Lipinski definition) is 6. The van der Waals surface area contributed by atoms with Crippen LogP contribution in [0.25, 0.3) is 5.57 Å². The van der Waals surface area contributed by atoms with Crippen LogP contribution in [0.5, 0.6) is 0 Å². The van der Waals surface area contributed by atoms with Crippen LogP contribution >= 0.6 is 0 Å². The van der Waals surface area contributed by atoms with Gasteiger partial charge >= 0.3 is 0 Å². The highest BCUT2D eigenvalue weighted by Gasteiger charge is 2.16. The lowest BCUT2D eigenvalue weighted by Gasteiger charge is -2.26. The van der Waals surface area contributed by atoms with Crippen molar-refractivity contribution in [1.29, 1.82) is 0 Å². The van der Waals surface area contributed by atoms with Gasteiger partial charge in [0.15, 0.2) is 0 Å². The average molecular weight is 488 g/mol. The Morgan fingerprint density at radius 3 is 2.69 bits per heavy atom. The van der Waals surface area contributed by atoms with E-state index >= 15 is 0 Å². The zero-order valence-electron chi connectivity index (χ0n) is 21.0. The van der Waals surface area contributed by atoms with Crippen molar-refractivity contribution in [1.82, 2.24) is 9.80 Å². The number of methoxy groups -OCH3 is 1. The Bertz CT molecular complexity index is 1170. The first-order valence-corrected chi connectivity index (χ1v) is 11.8. The normalized spacial score (nSPS) is 13.1. The highest BCUT2D eigenvalue weighted by atomic mass is 16.5. The molecule has 0 radical (unpaired) electrons. The molecular formula is C28H33N5O3. The molecule has 8 nitrogen and oxygen atoms in total. The molecule has 0 bridgehead atoms. The van der Waals surface area contributed by atoms with E-state index in [1.54, 1.807) is 18.2 Å². The van der Waals surface area contributed by atoms with Crippen molar-refractivity contribution < 1.29 is 14.3 Å². The van der Waals surface area contributed by atoms with E-state index in [4.69, 9.17) is 4.74 Å². The average Bonchev–Trinajstić information content (AvgIpc) is 2.89. The van der Waals surface area contributed by atoms with Crippen LogP contribution in [0.4, 0.5) is 11.4 Å². The molecule has 2 aromatic carbocycles. The van der Waals surface area contributed by atoms with Gasteiger partial charge in [-0.1, -0.05) is 12.1 Å². The smallest absolute Gasteiger partial charge is 0.253 e. The number of benzene rings is 2. The van der Waals surface area contributed by atoms with Crippen LogP contribution in [-0.2, 0) is 9.53 Å². The SMILES string of the molecule is C=N/C=C\N1C=C(c2cccc(NC=O)c2C)C=C(Nc2ccc(C(=O)N(CC)CCOC)cc2)C1. The summed E-state index contributed by atoms with van der Waals surface area (Å²) in [6, 6.07) is 13.3. The number of carbonyl (C=O) groups excluding carboxylic acids is 2. The van der Waals surface area contributed by atoms with Crippen LogP contribution in [-0.4, -0.2) is 62.2 Å². The number of hydrogen-bond donors (Lipinski definition) is 2. The number of likely N-dealkylation sites (N-methyl/N-ethyl adjacent to an activating group) is 1. The summed E-state index contributed by atoms with van der Waals surface area (Å²) in [6.07, 6.45) is 8.28. The molecule has 0 unspecified atom stereocenters. The predicted molar refractivity (Wildman–Crippen MR) is 146 cm³/mol. The van der Waals surface area contributed by atoms with E-state index in [1.807, 2.05) is 73.6 Å². The minimum Gasteiger partial charge on any atom is -0.383 e. The maximum absolute atomic E-state index is 12.8. The first-order chi connectivity index (χ1) is 17.5. The molecule has 1 heterocycles. The Hall–Kier alpha value is -4.17. The molecule has 0 saturated heterocycles. The molecule has 3 rings (SSSR count). The molecule has 8 heteroatoms. The van der Waals surface area contributed by atoms with Crippen molar-refractivity contribution in [2.24, 2.45) is 4.99 Å². The molecule has 0 spiro atoms. The fourth-order valence-corrected chi connectivity index (χ4v) is 3.98. The Balaban J connectivity index is 1.84. The summed E-state index contributed by atoms with van der Waals surface area (Å²) in [5, 5.41) is 6.23. The summed E-state index contributed by atoms with van der Waals surface area (Å²) in [5.41, 5.74) is 6.18. The Labute approximate surface area is 212 Å². The molecule has 1 aliphatic heterocycles. The molecule has 0 saturated carbocycles. The minimum atomic E-state index is -0.0178.